The summed E-state index contributed by atoms with van der Waals surface area (Å²) in [5.74, 6) is -0.415. The maximum absolute atomic E-state index is 14.2. The second kappa shape index (κ2) is 12.9. The summed E-state index contributed by atoms with van der Waals surface area (Å²) in [5.41, 5.74) is -1.05. The molecular weight excluding hydrogens is 562 g/mol. The Morgan fingerprint density at radius 2 is 1.80 bits per heavy atom. The minimum atomic E-state index is -3.10. The first-order chi connectivity index (χ1) is 19.5. The Morgan fingerprint density at radius 1 is 1.12 bits per heavy atom. The molecule has 0 atom stereocenters. The first kappa shape index (κ1) is 31.0. The van der Waals surface area contributed by atoms with Crippen LogP contribution in [0.25, 0.3) is 0 Å². The number of alkyl halides is 2. The van der Waals surface area contributed by atoms with Gasteiger partial charge in [-0.05, 0) is 43.7 Å². The lowest BCUT2D eigenvalue weighted by Crippen LogP contribution is -2.56. The Bertz CT molecular complexity index is 1230. The molecule has 41 heavy (non-hydrogen) atoms. The number of halogens is 3. The zero-order valence-electron chi connectivity index (χ0n) is 23.8. The number of esters is 1. The number of ether oxygens (including phenoxy) is 4. The van der Waals surface area contributed by atoms with Gasteiger partial charge in [0.1, 0.15) is 5.54 Å². The molecule has 2 fully saturated rings. The van der Waals surface area contributed by atoms with Gasteiger partial charge in [0.05, 0.1) is 37.2 Å². The highest BCUT2D eigenvalue weighted by molar-refractivity contribution is 6.30. The van der Waals surface area contributed by atoms with E-state index < -0.39 is 23.5 Å². The van der Waals surface area contributed by atoms with Crippen LogP contribution in [0.4, 0.5) is 14.5 Å². The van der Waals surface area contributed by atoms with Gasteiger partial charge in [0, 0.05) is 43.9 Å². The van der Waals surface area contributed by atoms with Gasteiger partial charge in [-0.2, -0.15) is 13.9 Å². The summed E-state index contributed by atoms with van der Waals surface area (Å²) in [6, 6.07) is 4.15. The first-order valence-electron chi connectivity index (χ1n) is 13.6. The molecule has 1 aromatic heterocycles. The van der Waals surface area contributed by atoms with E-state index >= 15 is 0 Å². The number of methoxy groups -OCH3 is 2. The third-order valence-electron chi connectivity index (χ3n) is 8.05. The standard InChI is InChI=1S/C28H37ClF2N4O6/c1-18(2)23-22(38-3)16-32-35(23)28(24(36)33-20-6-5-19(29)15-21(20)41-26(30)31)7-11-34(12-8-28)17-27(25(37)39-4)9-13-40-14-10-27/h5-6,15-16,18,26H,7-14,17H2,1-4H3,(H,33,36). The molecule has 2 saturated heterocycles. The first-order valence-corrected chi connectivity index (χ1v) is 14.0. The normalized spacial score (nSPS) is 18.8. The second-order valence-electron chi connectivity index (χ2n) is 10.8. The van der Waals surface area contributed by atoms with Gasteiger partial charge in [0.15, 0.2) is 11.5 Å². The van der Waals surface area contributed by atoms with Crippen LogP contribution < -0.4 is 14.8 Å². The molecule has 0 saturated carbocycles. The van der Waals surface area contributed by atoms with E-state index in [4.69, 9.17) is 25.8 Å². The molecule has 3 heterocycles. The van der Waals surface area contributed by atoms with Crippen molar-refractivity contribution in [2.75, 3.05) is 52.4 Å². The van der Waals surface area contributed by atoms with Gasteiger partial charge in [0.25, 0.3) is 5.91 Å². The van der Waals surface area contributed by atoms with Gasteiger partial charge in [-0.3, -0.25) is 9.59 Å². The van der Waals surface area contributed by atoms with E-state index in [-0.39, 0.29) is 28.3 Å². The van der Waals surface area contributed by atoms with Crippen molar-refractivity contribution < 1.29 is 37.3 Å². The summed E-state index contributed by atoms with van der Waals surface area (Å²) < 4.78 is 48.9. The van der Waals surface area contributed by atoms with Crippen LogP contribution in [0.5, 0.6) is 11.5 Å². The molecule has 2 aliphatic rings. The average molecular weight is 599 g/mol. The third kappa shape index (κ3) is 6.44. The number of hydrogen-bond acceptors (Lipinski definition) is 8. The number of hydrogen-bond donors (Lipinski definition) is 1. The van der Waals surface area contributed by atoms with Gasteiger partial charge in [-0.1, -0.05) is 25.4 Å². The Balaban J connectivity index is 1.67. The van der Waals surface area contributed by atoms with Crippen molar-refractivity contribution in [3.05, 3.63) is 35.1 Å². The number of carbonyl (C=O) groups is 2. The Morgan fingerprint density at radius 3 is 2.39 bits per heavy atom. The molecule has 0 bridgehead atoms. The predicted octanol–water partition coefficient (Wildman–Crippen LogP) is 4.67. The van der Waals surface area contributed by atoms with Crippen molar-refractivity contribution in [2.24, 2.45) is 5.41 Å². The van der Waals surface area contributed by atoms with Gasteiger partial charge in [-0.15, -0.1) is 0 Å². The van der Waals surface area contributed by atoms with Crippen LogP contribution in [0, 0.1) is 5.41 Å². The van der Waals surface area contributed by atoms with Crippen molar-refractivity contribution in [1.82, 2.24) is 14.7 Å². The largest absolute Gasteiger partial charge is 0.493 e. The van der Waals surface area contributed by atoms with Crippen molar-refractivity contribution in [2.45, 2.75) is 57.6 Å². The van der Waals surface area contributed by atoms with Crippen molar-refractivity contribution in [3.8, 4) is 11.5 Å². The molecular formula is C28H37ClF2N4O6. The van der Waals surface area contributed by atoms with Crippen molar-refractivity contribution in [3.63, 3.8) is 0 Å². The lowest BCUT2D eigenvalue weighted by Gasteiger charge is -2.45. The van der Waals surface area contributed by atoms with Crippen LogP contribution in [0.2, 0.25) is 5.02 Å². The van der Waals surface area contributed by atoms with Crippen LogP contribution in [0.3, 0.4) is 0 Å². The van der Waals surface area contributed by atoms with E-state index in [1.54, 1.807) is 18.0 Å². The molecule has 0 spiro atoms. The summed E-state index contributed by atoms with van der Waals surface area (Å²) in [6.07, 6.45) is 3.38. The fraction of sp³-hybridized carbons (Fsp3) is 0.607. The number of rotatable bonds is 10. The van der Waals surface area contributed by atoms with Gasteiger partial charge in [0.2, 0.25) is 0 Å². The van der Waals surface area contributed by atoms with E-state index in [0.717, 1.165) is 5.69 Å². The Hall–Kier alpha value is -2.96. The number of nitrogens with one attached hydrogen (secondary N) is 1. The number of amides is 1. The fourth-order valence-corrected chi connectivity index (χ4v) is 6.01. The highest BCUT2D eigenvalue weighted by atomic mass is 35.5. The predicted molar refractivity (Wildman–Crippen MR) is 148 cm³/mol. The fourth-order valence-electron chi connectivity index (χ4n) is 5.85. The summed E-state index contributed by atoms with van der Waals surface area (Å²) in [7, 11) is 2.94. The third-order valence-corrected chi connectivity index (χ3v) is 8.29. The van der Waals surface area contributed by atoms with Crippen LogP contribution in [-0.4, -0.2) is 80.2 Å². The average Bonchev–Trinajstić information content (AvgIpc) is 3.40. The SMILES string of the molecule is COC(=O)C1(CN2CCC(C(=O)Nc3ccc(Cl)cc3OC(F)F)(n3ncc(OC)c3C(C)C)CC2)CCOCC1. The van der Waals surface area contributed by atoms with Crippen molar-refractivity contribution in [1.29, 1.82) is 0 Å². The minimum absolute atomic E-state index is 0.0340. The van der Waals surface area contributed by atoms with Crippen LogP contribution in [-0.2, 0) is 24.6 Å². The molecule has 2 aromatic rings. The molecule has 2 aliphatic heterocycles. The second-order valence-corrected chi connectivity index (χ2v) is 11.3. The van der Waals surface area contributed by atoms with Crippen LogP contribution in [0.1, 0.15) is 51.1 Å². The quantitative estimate of drug-likeness (QED) is 0.394. The number of likely N-dealkylation sites (tertiary alicyclic amines) is 1. The molecule has 0 radical (unpaired) electrons. The lowest BCUT2D eigenvalue weighted by atomic mass is 9.78. The topological polar surface area (TPSA) is 104 Å². The van der Waals surface area contributed by atoms with E-state index in [1.165, 1.54) is 25.3 Å². The molecule has 1 N–H and O–H groups in total. The lowest BCUT2D eigenvalue weighted by molar-refractivity contribution is -0.161. The summed E-state index contributed by atoms with van der Waals surface area (Å²) in [6.45, 7) is 3.25. The molecule has 226 valence electrons. The zero-order valence-corrected chi connectivity index (χ0v) is 24.5. The van der Waals surface area contributed by atoms with Crippen molar-refractivity contribution >= 4 is 29.2 Å². The van der Waals surface area contributed by atoms with Gasteiger partial charge in [-0.25, -0.2) is 4.68 Å². The van der Waals surface area contributed by atoms with Crippen LogP contribution >= 0.6 is 11.6 Å². The van der Waals surface area contributed by atoms with Crippen LogP contribution in [0.15, 0.2) is 24.4 Å². The number of aromatic nitrogens is 2. The molecule has 1 amide bonds. The van der Waals surface area contributed by atoms with E-state index in [1.807, 2.05) is 13.8 Å². The number of nitrogens with zero attached hydrogens (tertiary/aromatic N) is 3. The number of piperidine rings is 1. The highest BCUT2D eigenvalue weighted by Gasteiger charge is 2.49. The Labute approximate surface area is 243 Å². The summed E-state index contributed by atoms with van der Waals surface area (Å²) >= 11 is 6.01. The van der Waals surface area contributed by atoms with E-state index in [0.29, 0.717) is 64.3 Å². The zero-order chi connectivity index (χ0) is 29.8. The van der Waals surface area contributed by atoms with Gasteiger partial charge < -0.3 is 29.2 Å². The van der Waals surface area contributed by atoms with E-state index in [2.05, 4.69) is 20.1 Å². The molecule has 0 unspecified atom stereocenters. The number of carbonyl (C=O) groups excluding carboxylic acids is 2. The molecule has 10 nitrogen and oxygen atoms in total. The van der Waals surface area contributed by atoms with Gasteiger partial charge >= 0.3 is 12.6 Å². The maximum Gasteiger partial charge on any atom is 0.387 e. The highest BCUT2D eigenvalue weighted by Crippen LogP contribution is 2.41. The number of benzene rings is 1. The number of anilines is 1. The minimum Gasteiger partial charge on any atom is -0.493 e. The maximum atomic E-state index is 14.2. The Kier molecular flexibility index (Phi) is 9.76. The smallest absolute Gasteiger partial charge is 0.387 e. The molecule has 1 aromatic carbocycles. The molecule has 4 rings (SSSR count). The van der Waals surface area contributed by atoms with E-state index in [9.17, 15) is 18.4 Å². The molecule has 0 aliphatic carbocycles. The molecule has 13 heteroatoms. The monoisotopic (exact) mass is 598 g/mol. The summed E-state index contributed by atoms with van der Waals surface area (Å²) in [5, 5.41) is 7.59. The summed E-state index contributed by atoms with van der Waals surface area (Å²) in [4.78, 5) is 29.2.